The monoisotopic (exact) mass is 466 g/mol. The molecule has 1 aliphatic heterocycles. The first-order chi connectivity index (χ1) is 12.5. The summed E-state index contributed by atoms with van der Waals surface area (Å²) in [5.74, 6) is -0.482. The highest BCUT2D eigenvalue weighted by Crippen LogP contribution is 2.22. The maximum absolute atomic E-state index is 13.2. The molecule has 0 bridgehead atoms. The van der Waals surface area contributed by atoms with Crippen molar-refractivity contribution in [2.75, 3.05) is 13.1 Å². The fourth-order valence-electron chi connectivity index (χ4n) is 3.11. The Balaban J connectivity index is 1.52. The van der Waals surface area contributed by atoms with E-state index in [0.717, 1.165) is 5.56 Å². The number of amides is 2. The molecule has 136 valence electrons. The summed E-state index contributed by atoms with van der Waals surface area (Å²) in [5.41, 5.74) is 1.58. The lowest BCUT2D eigenvalue weighted by Crippen LogP contribution is -2.43. The molecule has 0 unspecified atom stereocenters. The van der Waals surface area contributed by atoms with Crippen LogP contribution in [0.5, 0.6) is 0 Å². The van der Waals surface area contributed by atoms with E-state index in [0.29, 0.717) is 41.6 Å². The van der Waals surface area contributed by atoms with Gasteiger partial charge in [-0.25, -0.2) is 4.39 Å². The molecule has 4 nitrogen and oxygen atoms in total. The van der Waals surface area contributed by atoms with Crippen molar-refractivity contribution in [3.05, 3.63) is 69.0 Å². The molecule has 1 aliphatic rings. The molecule has 26 heavy (non-hydrogen) atoms. The Bertz CT molecular complexity index is 790. The molecule has 1 heterocycles. The van der Waals surface area contributed by atoms with Gasteiger partial charge in [-0.1, -0.05) is 30.3 Å². The maximum Gasteiger partial charge on any atom is 0.254 e. The van der Waals surface area contributed by atoms with Gasteiger partial charge in [0.25, 0.3) is 5.91 Å². The largest absolute Gasteiger partial charge is 0.352 e. The van der Waals surface area contributed by atoms with Crippen molar-refractivity contribution < 1.29 is 14.0 Å². The van der Waals surface area contributed by atoms with Gasteiger partial charge in [-0.2, -0.15) is 0 Å². The van der Waals surface area contributed by atoms with Crippen LogP contribution in [0.25, 0.3) is 0 Å². The van der Waals surface area contributed by atoms with Crippen LogP contribution in [0.1, 0.15) is 28.8 Å². The van der Waals surface area contributed by atoms with Crippen molar-refractivity contribution in [3.63, 3.8) is 0 Å². The van der Waals surface area contributed by atoms with Crippen LogP contribution in [0.2, 0.25) is 0 Å². The highest BCUT2D eigenvalue weighted by molar-refractivity contribution is 14.1. The summed E-state index contributed by atoms with van der Waals surface area (Å²) in [7, 11) is 0. The van der Waals surface area contributed by atoms with Crippen LogP contribution in [0, 0.1) is 15.3 Å². The highest BCUT2D eigenvalue weighted by atomic mass is 127. The fraction of sp³-hybridized carbons (Fsp3) is 0.300. The lowest BCUT2D eigenvalue weighted by atomic mass is 9.95. The Morgan fingerprint density at radius 1 is 1.12 bits per heavy atom. The predicted molar refractivity (Wildman–Crippen MR) is 106 cm³/mol. The van der Waals surface area contributed by atoms with Crippen LogP contribution in [-0.4, -0.2) is 29.8 Å². The quantitative estimate of drug-likeness (QED) is 0.701. The molecular weight excluding hydrogens is 446 g/mol. The van der Waals surface area contributed by atoms with E-state index < -0.39 is 0 Å². The third-order valence-corrected chi connectivity index (χ3v) is 5.52. The van der Waals surface area contributed by atoms with Crippen LogP contribution in [-0.2, 0) is 11.3 Å². The number of nitrogens with one attached hydrogen (secondary N) is 1. The molecule has 1 saturated heterocycles. The van der Waals surface area contributed by atoms with Crippen molar-refractivity contribution in [3.8, 4) is 0 Å². The summed E-state index contributed by atoms with van der Waals surface area (Å²) < 4.78 is 13.8. The van der Waals surface area contributed by atoms with Gasteiger partial charge in [0, 0.05) is 29.1 Å². The minimum absolute atomic E-state index is 0.0392. The lowest BCUT2D eigenvalue weighted by molar-refractivity contribution is -0.126. The zero-order chi connectivity index (χ0) is 18.5. The van der Waals surface area contributed by atoms with Crippen LogP contribution >= 0.6 is 22.6 Å². The number of halogens is 2. The summed E-state index contributed by atoms with van der Waals surface area (Å²) in [6.07, 6.45) is 1.29. The number of piperidine rings is 1. The Morgan fingerprint density at radius 3 is 2.46 bits per heavy atom. The first kappa shape index (κ1) is 18.8. The Hall–Kier alpha value is -1.96. The smallest absolute Gasteiger partial charge is 0.254 e. The number of nitrogens with zero attached hydrogens (tertiary/aromatic N) is 1. The second-order valence-corrected chi connectivity index (χ2v) is 7.56. The summed E-state index contributed by atoms with van der Waals surface area (Å²) in [6, 6.07) is 14.0. The van der Waals surface area contributed by atoms with Gasteiger partial charge < -0.3 is 10.2 Å². The molecule has 0 aromatic heterocycles. The van der Waals surface area contributed by atoms with E-state index in [-0.39, 0.29) is 23.5 Å². The van der Waals surface area contributed by atoms with Crippen LogP contribution in [0.15, 0.2) is 48.5 Å². The van der Waals surface area contributed by atoms with Gasteiger partial charge in [0.2, 0.25) is 5.91 Å². The van der Waals surface area contributed by atoms with Crippen LogP contribution in [0.3, 0.4) is 0 Å². The molecular formula is C20H20FIN2O2. The molecule has 2 aromatic rings. The number of carbonyl (C=O) groups is 2. The summed E-state index contributed by atoms with van der Waals surface area (Å²) in [5, 5.41) is 2.97. The van der Waals surface area contributed by atoms with Crippen molar-refractivity contribution in [2.24, 2.45) is 5.92 Å². The fourth-order valence-corrected chi connectivity index (χ4v) is 3.82. The molecule has 2 aromatic carbocycles. The number of carbonyl (C=O) groups excluding carboxylic acids is 2. The lowest BCUT2D eigenvalue weighted by Gasteiger charge is -2.31. The van der Waals surface area contributed by atoms with Crippen molar-refractivity contribution in [1.29, 1.82) is 0 Å². The molecule has 3 rings (SSSR count). The van der Waals surface area contributed by atoms with Crippen molar-refractivity contribution >= 4 is 34.4 Å². The van der Waals surface area contributed by atoms with Crippen LogP contribution in [0.4, 0.5) is 4.39 Å². The zero-order valence-electron chi connectivity index (χ0n) is 14.3. The van der Waals surface area contributed by atoms with E-state index in [1.807, 2.05) is 52.9 Å². The third-order valence-electron chi connectivity index (χ3n) is 4.62. The predicted octanol–water partition coefficient (Wildman–Crippen LogP) is 3.60. The molecule has 0 saturated carbocycles. The topological polar surface area (TPSA) is 49.4 Å². The van der Waals surface area contributed by atoms with Gasteiger partial charge in [0.05, 0.1) is 5.56 Å². The van der Waals surface area contributed by atoms with E-state index in [1.165, 1.54) is 18.2 Å². The summed E-state index contributed by atoms with van der Waals surface area (Å²) >= 11 is 1.98. The van der Waals surface area contributed by atoms with Gasteiger partial charge in [-0.15, -0.1) is 0 Å². The molecule has 6 heteroatoms. The highest BCUT2D eigenvalue weighted by Gasteiger charge is 2.28. The Kier molecular flexibility index (Phi) is 6.24. The van der Waals surface area contributed by atoms with Crippen molar-refractivity contribution in [2.45, 2.75) is 19.4 Å². The minimum atomic E-state index is -0.347. The van der Waals surface area contributed by atoms with E-state index in [4.69, 9.17) is 0 Å². The SMILES string of the molecule is O=C(NCc1ccccc1)C1CCN(C(=O)c2ccc(F)cc2I)CC1. The zero-order valence-corrected chi connectivity index (χ0v) is 16.4. The molecule has 1 fully saturated rings. The van der Waals surface area contributed by atoms with E-state index >= 15 is 0 Å². The van der Waals surface area contributed by atoms with Gasteiger partial charge in [-0.05, 0) is 59.2 Å². The number of benzene rings is 2. The van der Waals surface area contributed by atoms with Crippen molar-refractivity contribution in [1.82, 2.24) is 10.2 Å². The molecule has 0 spiro atoms. The average Bonchev–Trinajstić information content (AvgIpc) is 2.66. The Labute approximate surface area is 165 Å². The second kappa shape index (κ2) is 8.62. The number of rotatable bonds is 4. The van der Waals surface area contributed by atoms with Gasteiger partial charge >= 0.3 is 0 Å². The first-order valence-electron chi connectivity index (χ1n) is 8.60. The van der Waals surface area contributed by atoms with E-state index in [2.05, 4.69) is 5.32 Å². The number of likely N-dealkylation sites (tertiary alicyclic amines) is 1. The summed E-state index contributed by atoms with van der Waals surface area (Å²) in [4.78, 5) is 26.7. The van der Waals surface area contributed by atoms with E-state index in [1.54, 1.807) is 4.90 Å². The molecule has 0 atom stereocenters. The maximum atomic E-state index is 13.2. The Morgan fingerprint density at radius 2 is 1.81 bits per heavy atom. The van der Waals surface area contributed by atoms with Gasteiger partial charge in [0.15, 0.2) is 0 Å². The number of hydrogen-bond donors (Lipinski definition) is 1. The molecule has 0 aliphatic carbocycles. The van der Waals surface area contributed by atoms with Gasteiger partial charge in [0.1, 0.15) is 5.82 Å². The standard InChI is InChI=1S/C20H20FIN2O2/c21-16-6-7-17(18(22)12-16)20(26)24-10-8-15(9-11-24)19(25)23-13-14-4-2-1-3-5-14/h1-7,12,15H,8-11,13H2,(H,23,25). The molecule has 2 amide bonds. The molecule has 0 radical (unpaired) electrons. The minimum Gasteiger partial charge on any atom is -0.352 e. The first-order valence-corrected chi connectivity index (χ1v) is 9.68. The number of hydrogen-bond acceptors (Lipinski definition) is 2. The van der Waals surface area contributed by atoms with Crippen LogP contribution < -0.4 is 5.32 Å². The average molecular weight is 466 g/mol. The normalized spacial score (nSPS) is 14.9. The summed E-state index contributed by atoms with van der Waals surface area (Å²) in [6.45, 7) is 1.60. The van der Waals surface area contributed by atoms with E-state index in [9.17, 15) is 14.0 Å². The molecule has 1 N–H and O–H groups in total. The third kappa shape index (κ3) is 4.60. The van der Waals surface area contributed by atoms with Gasteiger partial charge in [-0.3, -0.25) is 9.59 Å². The second-order valence-electron chi connectivity index (χ2n) is 6.39.